The molecule has 0 aliphatic carbocycles. The van der Waals surface area contributed by atoms with Crippen LogP contribution in [0.15, 0.2) is 211 Å². The number of fused-ring (bicyclic) bond motifs is 10. The first-order chi connectivity index (χ1) is 30.7. The van der Waals surface area contributed by atoms with Gasteiger partial charge in [0, 0.05) is 43.6 Å². The molecular weight excluding hydrogens is 757 g/mol. The summed E-state index contributed by atoms with van der Waals surface area (Å²) in [4.78, 5) is 16.1. The zero-order chi connectivity index (χ0) is 40.7. The van der Waals surface area contributed by atoms with Gasteiger partial charge < -0.3 is 8.98 Å². The molecule has 5 nitrogen and oxygen atoms in total. The second-order valence-corrected chi connectivity index (χ2v) is 16.0. The van der Waals surface area contributed by atoms with Crippen molar-refractivity contribution in [2.45, 2.75) is 0 Å². The van der Waals surface area contributed by atoms with Gasteiger partial charge in [0.2, 0.25) is 0 Å². The monoisotopic (exact) mass is 790 g/mol. The quantitative estimate of drug-likeness (QED) is 0.174. The number of para-hydroxylation sites is 1. The largest absolute Gasteiger partial charge is 0.455 e. The summed E-state index contributed by atoms with van der Waals surface area (Å²) in [7, 11) is 0. The predicted octanol–water partition coefficient (Wildman–Crippen LogP) is 15.0. The number of furan rings is 1. The highest BCUT2D eigenvalue weighted by Crippen LogP contribution is 2.43. The smallest absolute Gasteiger partial charge is 0.166 e. The average Bonchev–Trinajstić information content (AvgIpc) is 3.87. The molecule has 13 rings (SSSR count). The fourth-order valence-electron chi connectivity index (χ4n) is 9.43. The molecule has 0 bridgehead atoms. The number of rotatable bonds is 5. The van der Waals surface area contributed by atoms with Crippen LogP contribution in [0, 0.1) is 0 Å². The lowest BCUT2D eigenvalue weighted by molar-refractivity contribution is 0.672. The van der Waals surface area contributed by atoms with Gasteiger partial charge in [-0.2, -0.15) is 0 Å². The number of hydrogen-bond acceptors (Lipinski definition) is 4. The molecule has 62 heavy (non-hydrogen) atoms. The van der Waals surface area contributed by atoms with E-state index in [-0.39, 0.29) is 0 Å². The fourth-order valence-corrected chi connectivity index (χ4v) is 9.43. The molecule has 13 aromatic rings. The van der Waals surface area contributed by atoms with Crippen molar-refractivity contribution >= 4 is 76.1 Å². The van der Waals surface area contributed by atoms with Crippen molar-refractivity contribution in [1.29, 1.82) is 0 Å². The first kappa shape index (κ1) is 34.5. The molecule has 0 amide bonds. The molecule has 3 aromatic heterocycles. The van der Waals surface area contributed by atoms with Gasteiger partial charge in [-0.1, -0.05) is 170 Å². The molecular formula is C57H34N4O. The minimum atomic E-state index is 0.555. The van der Waals surface area contributed by atoms with Crippen molar-refractivity contribution in [1.82, 2.24) is 19.5 Å². The Morgan fingerprint density at radius 1 is 0.323 bits per heavy atom. The van der Waals surface area contributed by atoms with Crippen LogP contribution >= 0.6 is 0 Å². The second-order valence-electron chi connectivity index (χ2n) is 16.0. The van der Waals surface area contributed by atoms with Gasteiger partial charge in [-0.3, -0.25) is 0 Å². The number of aromatic nitrogens is 4. The third-order valence-electron chi connectivity index (χ3n) is 12.4. The zero-order valence-corrected chi connectivity index (χ0v) is 33.3. The van der Waals surface area contributed by atoms with Crippen LogP contribution in [0.1, 0.15) is 0 Å². The Morgan fingerprint density at radius 2 is 0.919 bits per heavy atom. The summed E-state index contributed by atoms with van der Waals surface area (Å²) in [5.41, 5.74) is 9.73. The topological polar surface area (TPSA) is 56.7 Å². The van der Waals surface area contributed by atoms with E-state index in [2.05, 4.69) is 205 Å². The normalized spacial score (nSPS) is 11.9. The lowest BCUT2D eigenvalue weighted by Crippen LogP contribution is -2.04. The Labute approximate surface area is 355 Å². The van der Waals surface area contributed by atoms with Crippen molar-refractivity contribution in [3.05, 3.63) is 206 Å². The minimum absolute atomic E-state index is 0.555. The van der Waals surface area contributed by atoms with Crippen LogP contribution in [0.3, 0.4) is 0 Å². The zero-order valence-electron chi connectivity index (χ0n) is 33.3. The van der Waals surface area contributed by atoms with E-state index >= 15 is 0 Å². The van der Waals surface area contributed by atoms with Crippen LogP contribution in [0.2, 0.25) is 0 Å². The molecule has 10 aromatic carbocycles. The Bertz CT molecular complexity index is 3910. The summed E-state index contributed by atoms with van der Waals surface area (Å²) in [5, 5.41) is 11.2. The Kier molecular flexibility index (Phi) is 7.54. The van der Waals surface area contributed by atoms with Crippen LogP contribution in [0.25, 0.3) is 127 Å². The van der Waals surface area contributed by atoms with Crippen LogP contribution in [-0.4, -0.2) is 19.5 Å². The molecule has 0 atom stereocenters. The fraction of sp³-hybridized carbons (Fsp3) is 0. The SMILES string of the molecule is c1ccc(-c2ccc(-c3nc(-c4cc5oc6c7ccccc7ccc6c5cc4-n4c5ccccc5c5cc6ccccc6cc54)nc(-c4cccc5ccccc45)n3)cc2)cc1. The van der Waals surface area contributed by atoms with Crippen molar-refractivity contribution in [3.8, 4) is 51.0 Å². The Morgan fingerprint density at radius 3 is 1.73 bits per heavy atom. The summed E-state index contributed by atoms with van der Waals surface area (Å²) >= 11 is 0. The number of benzene rings is 10. The molecule has 0 aliphatic heterocycles. The first-order valence-electron chi connectivity index (χ1n) is 20.9. The van der Waals surface area contributed by atoms with Gasteiger partial charge in [-0.15, -0.1) is 0 Å². The highest BCUT2D eigenvalue weighted by molar-refractivity contribution is 6.18. The van der Waals surface area contributed by atoms with E-state index in [4.69, 9.17) is 19.4 Å². The van der Waals surface area contributed by atoms with Crippen molar-refractivity contribution < 1.29 is 4.42 Å². The van der Waals surface area contributed by atoms with Gasteiger partial charge in [-0.05, 0) is 74.5 Å². The summed E-state index contributed by atoms with van der Waals surface area (Å²) in [6.07, 6.45) is 0. The summed E-state index contributed by atoms with van der Waals surface area (Å²) in [6, 6.07) is 72.8. The Hall–Kier alpha value is -8.41. The van der Waals surface area contributed by atoms with E-state index in [0.29, 0.717) is 17.5 Å². The number of hydrogen-bond donors (Lipinski definition) is 0. The predicted molar refractivity (Wildman–Crippen MR) is 256 cm³/mol. The van der Waals surface area contributed by atoms with Crippen LogP contribution < -0.4 is 0 Å². The van der Waals surface area contributed by atoms with E-state index in [1.807, 2.05) is 6.07 Å². The van der Waals surface area contributed by atoms with Gasteiger partial charge in [0.05, 0.1) is 16.7 Å². The molecule has 0 saturated carbocycles. The van der Waals surface area contributed by atoms with E-state index < -0.39 is 0 Å². The maximum atomic E-state index is 6.90. The molecule has 0 radical (unpaired) electrons. The van der Waals surface area contributed by atoms with Gasteiger partial charge >= 0.3 is 0 Å². The lowest BCUT2D eigenvalue weighted by Gasteiger charge is -2.16. The molecule has 0 N–H and O–H groups in total. The first-order valence-corrected chi connectivity index (χ1v) is 20.9. The van der Waals surface area contributed by atoms with Gasteiger partial charge in [-0.25, -0.2) is 15.0 Å². The Balaban J connectivity index is 1.14. The van der Waals surface area contributed by atoms with Gasteiger partial charge in [0.1, 0.15) is 11.2 Å². The molecule has 0 aliphatic rings. The molecule has 0 spiro atoms. The van der Waals surface area contributed by atoms with Crippen molar-refractivity contribution in [2.75, 3.05) is 0 Å². The molecule has 3 heterocycles. The van der Waals surface area contributed by atoms with Gasteiger partial charge in [0.25, 0.3) is 0 Å². The molecule has 288 valence electrons. The summed E-state index contributed by atoms with van der Waals surface area (Å²) in [5.74, 6) is 1.75. The molecule has 5 heteroatoms. The standard InChI is InChI=1S/C57H34N4O/c1-2-13-35(14-3-1)36-25-27-39(28-26-36)55-58-56(46-23-12-19-37-15-6-8-20-42(37)46)60-57(59-55)49-34-53-48(45-30-29-38-16-7-9-21-43(38)54(45)62-53)33-52(49)61-50-24-11-10-22-44(50)47-31-40-17-4-5-18-41(40)32-51(47)61/h1-34H. The highest BCUT2D eigenvalue weighted by atomic mass is 16.3. The third kappa shape index (κ3) is 5.38. The maximum absolute atomic E-state index is 6.90. The molecule has 0 saturated heterocycles. The lowest BCUT2D eigenvalue weighted by atomic mass is 10.0. The van der Waals surface area contributed by atoms with E-state index in [1.54, 1.807) is 0 Å². The maximum Gasteiger partial charge on any atom is 0.166 e. The summed E-state index contributed by atoms with van der Waals surface area (Å²) < 4.78 is 9.29. The van der Waals surface area contributed by atoms with E-state index in [1.165, 1.54) is 21.5 Å². The van der Waals surface area contributed by atoms with Crippen LogP contribution in [-0.2, 0) is 0 Å². The highest BCUT2D eigenvalue weighted by Gasteiger charge is 2.23. The van der Waals surface area contributed by atoms with Crippen LogP contribution in [0.5, 0.6) is 0 Å². The van der Waals surface area contributed by atoms with Crippen LogP contribution in [0.4, 0.5) is 0 Å². The summed E-state index contributed by atoms with van der Waals surface area (Å²) in [6.45, 7) is 0. The number of nitrogens with zero attached hydrogens (tertiary/aromatic N) is 4. The van der Waals surface area contributed by atoms with Crippen molar-refractivity contribution in [3.63, 3.8) is 0 Å². The third-order valence-corrected chi connectivity index (χ3v) is 12.4. The second kappa shape index (κ2) is 13.6. The molecule has 0 unspecified atom stereocenters. The average molecular weight is 791 g/mol. The van der Waals surface area contributed by atoms with Crippen molar-refractivity contribution in [2.24, 2.45) is 0 Å². The minimum Gasteiger partial charge on any atom is -0.455 e. The van der Waals surface area contributed by atoms with Gasteiger partial charge in [0.15, 0.2) is 17.5 Å². The van der Waals surface area contributed by atoms with E-state index in [0.717, 1.165) is 88.0 Å². The van der Waals surface area contributed by atoms with E-state index in [9.17, 15) is 0 Å². The molecule has 0 fully saturated rings.